The van der Waals surface area contributed by atoms with Crippen LogP contribution in [0.4, 0.5) is 15.8 Å². The van der Waals surface area contributed by atoms with E-state index in [-0.39, 0.29) is 17.6 Å². The van der Waals surface area contributed by atoms with Gasteiger partial charge in [0.25, 0.3) is 11.8 Å². The molecule has 0 unspecified atom stereocenters. The fraction of sp³-hybridized carbons (Fsp3) is 0.0800. The smallest absolute Gasteiger partial charge is 0.270 e. The van der Waals surface area contributed by atoms with Crippen LogP contribution in [-0.2, 0) is 4.79 Å². The zero-order chi connectivity index (χ0) is 23.4. The summed E-state index contributed by atoms with van der Waals surface area (Å²) in [6, 6.07) is 19.6. The highest BCUT2D eigenvalue weighted by Gasteiger charge is 2.33. The Bertz CT molecular complexity index is 1260. The number of ether oxygens (including phenoxy) is 1. The van der Waals surface area contributed by atoms with Gasteiger partial charge in [-0.25, -0.2) is 4.39 Å². The molecule has 166 valence electrons. The predicted octanol–water partition coefficient (Wildman–Crippen LogP) is 5.88. The van der Waals surface area contributed by atoms with Crippen LogP contribution in [0.1, 0.15) is 22.8 Å². The average Bonchev–Trinajstić information content (AvgIpc) is 3.08. The first kappa shape index (κ1) is 22.7. The van der Waals surface area contributed by atoms with Crippen LogP contribution in [0.5, 0.6) is 5.75 Å². The van der Waals surface area contributed by atoms with Crippen LogP contribution >= 0.6 is 24.0 Å². The lowest BCUT2D eigenvalue weighted by Gasteiger charge is -2.15. The Morgan fingerprint density at radius 2 is 1.88 bits per heavy atom. The number of carbonyl (C=O) groups excluding carboxylic acids is 2. The third-order valence-corrected chi connectivity index (χ3v) is 6.03. The van der Waals surface area contributed by atoms with Crippen molar-refractivity contribution in [3.63, 3.8) is 0 Å². The van der Waals surface area contributed by atoms with Crippen LogP contribution in [0.3, 0.4) is 0 Å². The minimum atomic E-state index is -0.387. The molecule has 0 aliphatic carbocycles. The Morgan fingerprint density at radius 3 is 2.64 bits per heavy atom. The van der Waals surface area contributed by atoms with E-state index in [2.05, 4.69) is 5.32 Å². The summed E-state index contributed by atoms with van der Waals surface area (Å²) in [6.45, 7) is 2.46. The number of amides is 2. The van der Waals surface area contributed by atoms with Crippen LogP contribution in [0, 0.1) is 5.82 Å². The Hall–Kier alpha value is -3.49. The predicted molar refractivity (Wildman–Crippen MR) is 134 cm³/mol. The Balaban J connectivity index is 1.55. The number of hydrogen-bond donors (Lipinski definition) is 1. The first-order chi connectivity index (χ1) is 15.9. The van der Waals surface area contributed by atoms with Crippen molar-refractivity contribution in [1.82, 2.24) is 0 Å². The summed E-state index contributed by atoms with van der Waals surface area (Å²) in [7, 11) is 0. The van der Waals surface area contributed by atoms with Gasteiger partial charge in [-0.2, -0.15) is 0 Å². The van der Waals surface area contributed by atoms with E-state index in [1.54, 1.807) is 30.3 Å². The largest absolute Gasteiger partial charge is 0.494 e. The van der Waals surface area contributed by atoms with Crippen molar-refractivity contribution in [2.75, 3.05) is 16.8 Å². The summed E-state index contributed by atoms with van der Waals surface area (Å²) in [4.78, 5) is 27.7. The van der Waals surface area contributed by atoms with Gasteiger partial charge >= 0.3 is 0 Å². The molecule has 33 heavy (non-hydrogen) atoms. The lowest BCUT2D eigenvalue weighted by Crippen LogP contribution is -2.27. The maximum absolute atomic E-state index is 13.1. The standard InChI is InChI=1S/C25H19FN2O3S2/c1-2-31-21-8-3-5-16(13-21)14-22-24(30)28(25(32)33-22)20-7-4-6-17(15-20)23(29)27-19-11-9-18(26)10-12-19/h3-15H,2H2,1H3,(H,27,29)/b22-14+. The van der Waals surface area contributed by atoms with E-state index < -0.39 is 0 Å². The number of carbonyl (C=O) groups is 2. The quantitative estimate of drug-likeness (QED) is 0.354. The van der Waals surface area contributed by atoms with Crippen LogP contribution in [-0.4, -0.2) is 22.7 Å². The number of thiocarbonyl (C=S) groups is 1. The highest BCUT2D eigenvalue weighted by atomic mass is 32.2. The van der Waals surface area contributed by atoms with E-state index in [1.165, 1.54) is 40.9 Å². The highest BCUT2D eigenvalue weighted by molar-refractivity contribution is 8.27. The summed E-state index contributed by atoms with van der Waals surface area (Å²) in [5, 5.41) is 2.71. The number of nitrogens with zero attached hydrogens (tertiary/aromatic N) is 1. The van der Waals surface area contributed by atoms with E-state index in [4.69, 9.17) is 17.0 Å². The van der Waals surface area contributed by atoms with Crippen molar-refractivity contribution < 1.29 is 18.7 Å². The summed E-state index contributed by atoms with van der Waals surface area (Å²) >= 11 is 6.65. The number of nitrogens with one attached hydrogen (secondary N) is 1. The summed E-state index contributed by atoms with van der Waals surface area (Å²) in [6.07, 6.45) is 1.77. The van der Waals surface area contributed by atoms with Crippen molar-refractivity contribution in [3.8, 4) is 5.75 Å². The van der Waals surface area contributed by atoms with Gasteiger partial charge in [0, 0.05) is 11.3 Å². The molecular formula is C25H19FN2O3S2. The van der Waals surface area contributed by atoms with Crippen molar-refractivity contribution in [2.45, 2.75) is 6.92 Å². The van der Waals surface area contributed by atoms with Gasteiger partial charge in [-0.1, -0.05) is 42.2 Å². The van der Waals surface area contributed by atoms with Gasteiger partial charge in [-0.05, 0) is 73.2 Å². The van der Waals surface area contributed by atoms with E-state index in [0.717, 1.165) is 11.3 Å². The van der Waals surface area contributed by atoms with E-state index >= 15 is 0 Å². The summed E-state index contributed by atoms with van der Waals surface area (Å²) in [5.74, 6) is -0.302. The molecule has 4 rings (SSSR count). The molecule has 1 N–H and O–H groups in total. The van der Waals surface area contributed by atoms with Crippen LogP contribution in [0.2, 0.25) is 0 Å². The monoisotopic (exact) mass is 478 g/mol. The second kappa shape index (κ2) is 9.97. The lowest BCUT2D eigenvalue weighted by atomic mass is 10.1. The molecule has 0 aromatic heterocycles. The third-order valence-electron chi connectivity index (χ3n) is 4.73. The molecule has 0 atom stereocenters. The van der Waals surface area contributed by atoms with E-state index in [0.29, 0.717) is 32.8 Å². The second-order valence-electron chi connectivity index (χ2n) is 7.03. The number of hydrogen-bond acceptors (Lipinski definition) is 5. The molecule has 1 heterocycles. The molecule has 1 saturated heterocycles. The molecule has 2 amide bonds. The molecule has 1 aliphatic rings. The second-order valence-corrected chi connectivity index (χ2v) is 8.71. The minimum absolute atomic E-state index is 0.261. The molecule has 3 aromatic rings. The van der Waals surface area contributed by atoms with Gasteiger partial charge in [0.2, 0.25) is 0 Å². The van der Waals surface area contributed by atoms with Gasteiger partial charge in [-0.15, -0.1) is 0 Å². The Kier molecular flexibility index (Phi) is 6.86. The molecule has 0 spiro atoms. The van der Waals surface area contributed by atoms with Crippen LogP contribution in [0.15, 0.2) is 77.7 Å². The topological polar surface area (TPSA) is 58.6 Å². The Labute approximate surface area is 200 Å². The van der Waals surface area contributed by atoms with Crippen LogP contribution in [0.25, 0.3) is 6.08 Å². The number of thioether (sulfide) groups is 1. The SMILES string of the molecule is CCOc1cccc(/C=C2/SC(=S)N(c3cccc(C(=O)Nc4ccc(F)cc4)c3)C2=O)c1. The number of rotatable bonds is 6. The molecule has 8 heteroatoms. The summed E-state index contributed by atoms with van der Waals surface area (Å²) in [5.41, 5.74) is 2.14. The zero-order valence-corrected chi connectivity index (χ0v) is 19.2. The molecule has 1 fully saturated rings. The number of halogens is 1. The van der Waals surface area contributed by atoms with Gasteiger partial charge in [0.05, 0.1) is 17.2 Å². The maximum atomic E-state index is 13.1. The highest BCUT2D eigenvalue weighted by Crippen LogP contribution is 2.36. The fourth-order valence-electron chi connectivity index (χ4n) is 3.23. The molecule has 0 radical (unpaired) electrons. The lowest BCUT2D eigenvalue weighted by molar-refractivity contribution is -0.113. The molecule has 0 bridgehead atoms. The normalized spacial score (nSPS) is 14.6. The van der Waals surface area contributed by atoms with Crippen molar-refractivity contribution in [1.29, 1.82) is 0 Å². The molecule has 5 nitrogen and oxygen atoms in total. The van der Waals surface area contributed by atoms with Crippen molar-refractivity contribution in [3.05, 3.63) is 94.6 Å². The van der Waals surface area contributed by atoms with Gasteiger partial charge < -0.3 is 10.1 Å². The van der Waals surface area contributed by atoms with Crippen molar-refractivity contribution in [2.24, 2.45) is 0 Å². The van der Waals surface area contributed by atoms with Gasteiger partial charge in [0.1, 0.15) is 11.6 Å². The number of anilines is 2. The molecule has 1 aliphatic heterocycles. The first-order valence-electron chi connectivity index (χ1n) is 10.1. The first-order valence-corrected chi connectivity index (χ1v) is 11.3. The fourth-order valence-corrected chi connectivity index (χ4v) is 4.52. The van der Waals surface area contributed by atoms with E-state index in [1.807, 2.05) is 31.2 Å². The van der Waals surface area contributed by atoms with Crippen LogP contribution < -0.4 is 15.0 Å². The third kappa shape index (κ3) is 5.30. The molecule has 0 saturated carbocycles. The maximum Gasteiger partial charge on any atom is 0.270 e. The Morgan fingerprint density at radius 1 is 1.12 bits per heavy atom. The average molecular weight is 479 g/mol. The molecular weight excluding hydrogens is 459 g/mol. The summed E-state index contributed by atoms with van der Waals surface area (Å²) < 4.78 is 19.0. The van der Waals surface area contributed by atoms with Crippen molar-refractivity contribution >= 4 is 57.6 Å². The van der Waals surface area contributed by atoms with Gasteiger partial charge in [0.15, 0.2) is 4.32 Å². The van der Waals surface area contributed by atoms with Gasteiger partial charge in [-0.3, -0.25) is 14.5 Å². The minimum Gasteiger partial charge on any atom is -0.494 e. The van der Waals surface area contributed by atoms with E-state index in [9.17, 15) is 14.0 Å². The zero-order valence-electron chi connectivity index (χ0n) is 17.6. The number of benzene rings is 3. The molecule has 3 aromatic carbocycles.